The fourth-order valence-corrected chi connectivity index (χ4v) is 1.51. The van der Waals surface area contributed by atoms with Crippen molar-refractivity contribution in [1.29, 1.82) is 0 Å². The molecule has 2 N–H and O–H groups in total. The lowest BCUT2D eigenvalue weighted by atomic mass is 10.1. The maximum atomic E-state index is 12.7. The second kappa shape index (κ2) is 7.12. The Morgan fingerprint density at radius 3 is 2.71 bits per heavy atom. The number of aliphatic hydroxyl groups excluding tert-OH is 1. The van der Waals surface area contributed by atoms with Crippen molar-refractivity contribution in [2.45, 2.75) is 19.1 Å². The first-order chi connectivity index (χ1) is 9.79. The van der Waals surface area contributed by atoms with Gasteiger partial charge in [-0.2, -0.15) is 13.2 Å². The van der Waals surface area contributed by atoms with Crippen molar-refractivity contribution in [1.82, 2.24) is 5.32 Å². The van der Waals surface area contributed by atoms with E-state index in [1.54, 1.807) is 0 Å². The van der Waals surface area contributed by atoms with E-state index in [2.05, 4.69) is 11.9 Å². The molecule has 0 fully saturated rings. The zero-order chi connectivity index (χ0) is 16.0. The number of carbonyl (C=O) groups excluding carboxylic acids is 1. The van der Waals surface area contributed by atoms with Crippen LogP contribution in [0.1, 0.15) is 22.8 Å². The van der Waals surface area contributed by atoms with Crippen molar-refractivity contribution in [3.63, 3.8) is 0 Å². The highest BCUT2D eigenvalue weighted by Gasteiger charge is 2.32. The van der Waals surface area contributed by atoms with Gasteiger partial charge in [0.25, 0.3) is 5.91 Å². The lowest BCUT2D eigenvalue weighted by Gasteiger charge is -2.16. The van der Waals surface area contributed by atoms with Gasteiger partial charge in [-0.3, -0.25) is 4.79 Å². The number of aliphatic hydroxyl groups is 1. The van der Waals surface area contributed by atoms with Gasteiger partial charge in [0, 0.05) is 6.04 Å². The highest BCUT2D eigenvalue weighted by atomic mass is 19.4. The van der Waals surface area contributed by atoms with Crippen molar-refractivity contribution >= 4 is 5.91 Å². The van der Waals surface area contributed by atoms with Crippen LogP contribution in [0, 0.1) is 0 Å². The second-order valence-corrected chi connectivity index (χ2v) is 4.37. The Bertz CT molecular complexity index is 515. The molecule has 0 heterocycles. The molecule has 21 heavy (non-hydrogen) atoms. The summed E-state index contributed by atoms with van der Waals surface area (Å²) in [5, 5.41) is 11.3. The first-order valence-electron chi connectivity index (χ1n) is 6.16. The molecule has 0 radical (unpaired) electrons. The summed E-state index contributed by atoms with van der Waals surface area (Å²) in [6.45, 7) is 4.68. The van der Waals surface area contributed by atoms with Gasteiger partial charge < -0.3 is 15.2 Å². The molecular weight excluding hydrogens is 287 g/mol. The molecule has 0 saturated heterocycles. The molecule has 116 valence electrons. The van der Waals surface area contributed by atoms with Crippen LogP contribution in [-0.2, 0) is 6.18 Å². The van der Waals surface area contributed by atoms with Crippen LogP contribution in [0.4, 0.5) is 13.2 Å². The van der Waals surface area contributed by atoms with E-state index in [1.165, 1.54) is 13.0 Å². The Kier molecular flexibility index (Phi) is 5.78. The Labute approximate surface area is 120 Å². The third-order valence-electron chi connectivity index (χ3n) is 2.56. The van der Waals surface area contributed by atoms with Crippen molar-refractivity contribution in [3.8, 4) is 5.75 Å². The average molecular weight is 303 g/mol. The van der Waals surface area contributed by atoms with Crippen LogP contribution < -0.4 is 10.1 Å². The molecule has 1 atom stereocenters. The van der Waals surface area contributed by atoms with Crippen LogP contribution in [0.2, 0.25) is 0 Å². The molecule has 0 saturated carbocycles. The number of halogens is 3. The monoisotopic (exact) mass is 303 g/mol. The van der Waals surface area contributed by atoms with Crippen LogP contribution in [0.15, 0.2) is 30.9 Å². The fraction of sp³-hybridized carbons (Fsp3) is 0.357. The summed E-state index contributed by atoms with van der Waals surface area (Å²) < 4.78 is 43.3. The molecule has 0 spiro atoms. The zero-order valence-corrected chi connectivity index (χ0v) is 11.4. The van der Waals surface area contributed by atoms with Crippen molar-refractivity contribution in [2.24, 2.45) is 0 Å². The minimum atomic E-state index is -4.56. The summed E-state index contributed by atoms with van der Waals surface area (Å²) in [6.07, 6.45) is -3.15. The number of alkyl halides is 3. The molecular formula is C14H16F3NO3. The molecule has 1 amide bonds. The molecule has 1 aromatic carbocycles. The Balaban J connectivity index is 3.15. The summed E-state index contributed by atoms with van der Waals surface area (Å²) >= 11 is 0. The molecule has 0 aliphatic heterocycles. The Hall–Kier alpha value is -2.02. The third-order valence-corrected chi connectivity index (χ3v) is 2.56. The minimum absolute atomic E-state index is 0.0190. The van der Waals surface area contributed by atoms with Crippen LogP contribution in [0.3, 0.4) is 0 Å². The van der Waals surface area contributed by atoms with E-state index in [4.69, 9.17) is 9.84 Å². The van der Waals surface area contributed by atoms with E-state index >= 15 is 0 Å². The maximum absolute atomic E-state index is 12.7. The normalized spacial score (nSPS) is 12.6. The predicted molar refractivity (Wildman–Crippen MR) is 71.2 cm³/mol. The van der Waals surface area contributed by atoms with Crippen molar-refractivity contribution in [2.75, 3.05) is 13.2 Å². The van der Waals surface area contributed by atoms with E-state index in [0.717, 1.165) is 18.2 Å². The number of benzene rings is 1. The average Bonchev–Trinajstić information content (AvgIpc) is 2.43. The SMILES string of the molecule is C=CCOc1ccc(C(F)(F)F)cc1C(=O)NC(C)CO. The van der Waals surface area contributed by atoms with E-state index in [9.17, 15) is 18.0 Å². The topological polar surface area (TPSA) is 58.6 Å². The van der Waals surface area contributed by atoms with E-state index in [-0.39, 0.29) is 24.5 Å². The number of hydrogen-bond donors (Lipinski definition) is 2. The number of nitrogens with one attached hydrogen (secondary N) is 1. The van der Waals surface area contributed by atoms with Gasteiger partial charge in [-0.25, -0.2) is 0 Å². The first kappa shape index (κ1) is 17.0. The van der Waals surface area contributed by atoms with Gasteiger partial charge in [0.15, 0.2) is 0 Å². The summed E-state index contributed by atoms with van der Waals surface area (Å²) in [6, 6.07) is 2.06. The maximum Gasteiger partial charge on any atom is 0.416 e. The third kappa shape index (κ3) is 4.78. The van der Waals surface area contributed by atoms with Crippen LogP contribution >= 0.6 is 0 Å². The van der Waals surface area contributed by atoms with Gasteiger partial charge in [0.1, 0.15) is 12.4 Å². The standard InChI is InChI=1S/C14H16F3NO3/c1-3-6-21-12-5-4-10(14(15,16)17)7-11(12)13(20)18-9(2)8-19/h3-5,7,9,19H,1,6,8H2,2H3,(H,18,20). The molecule has 0 aromatic heterocycles. The second-order valence-electron chi connectivity index (χ2n) is 4.37. The van der Waals surface area contributed by atoms with Crippen LogP contribution in [0.25, 0.3) is 0 Å². The number of amides is 1. The van der Waals surface area contributed by atoms with Gasteiger partial charge in [-0.05, 0) is 25.1 Å². The van der Waals surface area contributed by atoms with E-state index in [0.29, 0.717) is 0 Å². The molecule has 0 aliphatic rings. The minimum Gasteiger partial charge on any atom is -0.489 e. The molecule has 1 rings (SSSR count). The molecule has 0 aliphatic carbocycles. The largest absolute Gasteiger partial charge is 0.489 e. The van der Waals surface area contributed by atoms with E-state index in [1.807, 2.05) is 0 Å². The molecule has 4 nitrogen and oxygen atoms in total. The smallest absolute Gasteiger partial charge is 0.416 e. The number of carbonyl (C=O) groups is 1. The van der Waals surface area contributed by atoms with Gasteiger partial charge in [0.2, 0.25) is 0 Å². The quantitative estimate of drug-likeness (QED) is 0.793. The summed E-state index contributed by atoms with van der Waals surface area (Å²) in [5.74, 6) is -0.729. The Morgan fingerprint density at radius 2 is 2.19 bits per heavy atom. The highest BCUT2D eigenvalue weighted by molar-refractivity contribution is 5.97. The zero-order valence-electron chi connectivity index (χ0n) is 11.4. The van der Waals surface area contributed by atoms with Gasteiger partial charge in [-0.15, -0.1) is 0 Å². The Morgan fingerprint density at radius 1 is 1.52 bits per heavy atom. The van der Waals surface area contributed by atoms with E-state index < -0.39 is 23.7 Å². The first-order valence-corrected chi connectivity index (χ1v) is 6.16. The summed E-state index contributed by atoms with van der Waals surface area (Å²) in [5.41, 5.74) is -1.19. The highest BCUT2D eigenvalue weighted by Crippen LogP contribution is 2.32. The molecule has 1 unspecified atom stereocenters. The van der Waals surface area contributed by atoms with Crippen molar-refractivity contribution < 1.29 is 27.8 Å². The molecule has 1 aromatic rings. The molecule has 7 heteroatoms. The van der Waals surface area contributed by atoms with Crippen molar-refractivity contribution in [3.05, 3.63) is 42.0 Å². The van der Waals surface area contributed by atoms with Crippen LogP contribution in [0.5, 0.6) is 5.75 Å². The van der Waals surface area contributed by atoms with Gasteiger partial charge >= 0.3 is 6.18 Å². The molecule has 0 bridgehead atoms. The number of hydrogen-bond acceptors (Lipinski definition) is 3. The summed E-state index contributed by atoms with van der Waals surface area (Å²) in [7, 11) is 0. The lowest BCUT2D eigenvalue weighted by molar-refractivity contribution is -0.137. The fourth-order valence-electron chi connectivity index (χ4n) is 1.51. The van der Waals surface area contributed by atoms with Gasteiger partial charge in [0.05, 0.1) is 17.7 Å². The number of ether oxygens (including phenoxy) is 1. The van der Waals surface area contributed by atoms with Crippen LogP contribution in [-0.4, -0.2) is 30.3 Å². The summed E-state index contributed by atoms with van der Waals surface area (Å²) in [4.78, 5) is 12.0. The predicted octanol–water partition coefficient (Wildman–Crippen LogP) is 2.38. The van der Waals surface area contributed by atoms with Gasteiger partial charge in [-0.1, -0.05) is 12.7 Å². The number of rotatable bonds is 6. The lowest BCUT2D eigenvalue weighted by Crippen LogP contribution is -2.35.